The highest BCUT2D eigenvalue weighted by Crippen LogP contribution is 2.30. The van der Waals surface area contributed by atoms with Crippen LogP contribution in [0.15, 0.2) is 47.4 Å². The van der Waals surface area contributed by atoms with Crippen molar-refractivity contribution in [2.45, 2.75) is 30.8 Å². The van der Waals surface area contributed by atoms with Gasteiger partial charge in [0.2, 0.25) is 10.0 Å². The maximum Gasteiger partial charge on any atom is 0.416 e. The lowest BCUT2D eigenvalue weighted by Gasteiger charge is -2.30. The van der Waals surface area contributed by atoms with Crippen LogP contribution in [0.5, 0.6) is 0 Å². The fourth-order valence-electron chi connectivity index (χ4n) is 3.74. The molecule has 1 amide bonds. The number of benzene rings is 2. The van der Waals surface area contributed by atoms with E-state index in [-0.39, 0.29) is 22.0 Å². The van der Waals surface area contributed by atoms with E-state index in [9.17, 15) is 26.4 Å². The number of carbonyl (C=O) groups is 1. The second-order valence-corrected chi connectivity index (χ2v) is 10.1. The molecule has 0 radical (unpaired) electrons. The van der Waals surface area contributed by atoms with E-state index in [0.717, 1.165) is 29.8 Å². The normalized spacial score (nSPS) is 17.6. The molecule has 0 saturated carbocycles. The Labute approximate surface area is 193 Å². The van der Waals surface area contributed by atoms with Gasteiger partial charge in [0.15, 0.2) is 6.61 Å². The molecule has 1 atom stereocenters. The van der Waals surface area contributed by atoms with Crippen LogP contribution in [0.4, 0.5) is 18.9 Å². The van der Waals surface area contributed by atoms with Crippen molar-refractivity contribution in [2.75, 3.05) is 25.0 Å². The highest BCUT2D eigenvalue weighted by Gasteiger charge is 2.31. The summed E-state index contributed by atoms with van der Waals surface area (Å²) in [4.78, 5) is 18.5. The average molecular weight is 497 g/mol. The lowest BCUT2D eigenvalue weighted by Crippen LogP contribution is -2.39. The van der Waals surface area contributed by atoms with E-state index in [4.69, 9.17) is 4.84 Å². The number of rotatable bonds is 6. The predicted octanol–water partition coefficient (Wildman–Crippen LogP) is 2.94. The molecule has 2 heterocycles. The SMILES string of the molecule is CC1CCCN(S(=O)(=O)c2ccc3nnn(OCC(=O)Nc4cccc(C(F)(F)F)c4)c3c2)C1. The van der Waals surface area contributed by atoms with E-state index in [1.165, 1.54) is 34.6 Å². The van der Waals surface area contributed by atoms with Gasteiger partial charge in [-0.3, -0.25) is 4.79 Å². The predicted molar refractivity (Wildman–Crippen MR) is 116 cm³/mol. The molecule has 9 nitrogen and oxygen atoms in total. The van der Waals surface area contributed by atoms with Gasteiger partial charge >= 0.3 is 6.18 Å². The van der Waals surface area contributed by atoms with Gasteiger partial charge < -0.3 is 10.2 Å². The summed E-state index contributed by atoms with van der Waals surface area (Å²) >= 11 is 0. The van der Waals surface area contributed by atoms with Crippen LogP contribution in [0, 0.1) is 5.92 Å². The van der Waals surface area contributed by atoms with Gasteiger partial charge in [-0.15, -0.1) is 5.10 Å². The first-order valence-electron chi connectivity index (χ1n) is 10.5. The number of piperidine rings is 1. The average Bonchev–Trinajstić information content (AvgIpc) is 3.19. The molecule has 3 aromatic rings. The number of nitrogens with one attached hydrogen (secondary N) is 1. The molecule has 1 saturated heterocycles. The molecule has 34 heavy (non-hydrogen) atoms. The maximum atomic E-state index is 13.1. The number of hydrogen-bond acceptors (Lipinski definition) is 6. The Morgan fingerprint density at radius 2 is 2.03 bits per heavy atom. The number of alkyl halides is 3. The smallest absolute Gasteiger partial charge is 0.385 e. The standard InChI is InChI=1S/C21H22F3N5O4S/c1-14-4-3-9-28(12-14)34(31,32)17-7-8-18-19(11-17)29(27-26-18)33-13-20(30)25-16-6-2-5-15(10-16)21(22,23)24/h2,5-8,10-11,14H,3-4,9,12-13H2,1H3,(H,25,30). The van der Waals surface area contributed by atoms with Gasteiger partial charge in [0.25, 0.3) is 5.91 Å². The largest absolute Gasteiger partial charge is 0.416 e. The fourth-order valence-corrected chi connectivity index (χ4v) is 5.36. The van der Waals surface area contributed by atoms with E-state index in [1.807, 2.05) is 6.92 Å². The van der Waals surface area contributed by atoms with Crippen molar-refractivity contribution < 1.29 is 31.2 Å². The lowest BCUT2D eigenvalue weighted by molar-refractivity contribution is -0.137. The lowest BCUT2D eigenvalue weighted by atomic mass is 10.0. The van der Waals surface area contributed by atoms with E-state index < -0.39 is 34.3 Å². The molecule has 1 N–H and O–H groups in total. The number of amides is 1. The van der Waals surface area contributed by atoms with Crippen molar-refractivity contribution in [3.63, 3.8) is 0 Å². The van der Waals surface area contributed by atoms with E-state index in [0.29, 0.717) is 18.6 Å². The number of halogens is 3. The Kier molecular flexibility index (Phi) is 6.49. The third kappa shape index (κ3) is 5.14. The van der Waals surface area contributed by atoms with E-state index in [1.54, 1.807) is 0 Å². The Morgan fingerprint density at radius 1 is 1.24 bits per heavy atom. The first-order chi connectivity index (χ1) is 16.0. The van der Waals surface area contributed by atoms with Crippen LogP contribution in [0.1, 0.15) is 25.3 Å². The molecule has 182 valence electrons. The third-order valence-electron chi connectivity index (χ3n) is 5.44. The molecule has 1 aliphatic rings. The molecule has 4 rings (SSSR count). The summed E-state index contributed by atoms with van der Waals surface area (Å²) in [5.41, 5.74) is -0.358. The minimum Gasteiger partial charge on any atom is -0.385 e. The Bertz CT molecular complexity index is 1310. The molecule has 13 heteroatoms. The highest BCUT2D eigenvalue weighted by molar-refractivity contribution is 7.89. The van der Waals surface area contributed by atoms with Gasteiger partial charge in [-0.25, -0.2) is 8.42 Å². The molecule has 1 unspecified atom stereocenters. The number of nitrogens with zero attached hydrogens (tertiary/aromatic N) is 4. The minimum atomic E-state index is -4.54. The number of aromatic nitrogens is 3. The second-order valence-electron chi connectivity index (χ2n) is 8.12. The van der Waals surface area contributed by atoms with Crippen molar-refractivity contribution >= 4 is 32.7 Å². The summed E-state index contributed by atoms with van der Waals surface area (Å²) in [6.07, 6.45) is -2.79. The summed E-state index contributed by atoms with van der Waals surface area (Å²) in [5, 5.41) is 9.99. The Hall–Kier alpha value is -3.19. The van der Waals surface area contributed by atoms with Crippen molar-refractivity contribution in [2.24, 2.45) is 5.92 Å². The van der Waals surface area contributed by atoms with E-state index >= 15 is 0 Å². The molecule has 0 spiro atoms. The second kappa shape index (κ2) is 9.22. The minimum absolute atomic E-state index is 0.0454. The van der Waals surface area contributed by atoms with Crippen LogP contribution in [0.25, 0.3) is 11.0 Å². The van der Waals surface area contributed by atoms with Gasteiger partial charge in [0, 0.05) is 18.8 Å². The van der Waals surface area contributed by atoms with Crippen molar-refractivity contribution in [3.05, 3.63) is 48.0 Å². The number of sulfonamides is 1. The van der Waals surface area contributed by atoms with Crippen LogP contribution < -0.4 is 10.2 Å². The van der Waals surface area contributed by atoms with Crippen LogP contribution in [0.2, 0.25) is 0 Å². The van der Waals surface area contributed by atoms with Crippen molar-refractivity contribution in [1.29, 1.82) is 0 Å². The molecule has 1 aromatic heterocycles. The van der Waals surface area contributed by atoms with Crippen LogP contribution in [-0.2, 0) is 21.0 Å². The molecular weight excluding hydrogens is 475 g/mol. The van der Waals surface area contributed by atoms with Gasteiger partial charge in [-0.1, -0.05) is 17.8 Å². The van der Waals surface area contributed by atoms with Crippen LogP contribution in [-0.4, -0.2) is 53.5 Å². The quantitative estimate of drug-likeness (QED) is 0.561. The zero-order valence-corrected chi connectivity index (χ0v) is 18.9. The van der Waals surface area contributed by atoms with Crippen molar-refractivity contribution in [1.82, 2.24) is 19.5 Å². The van der Waals surface area contributed by atoms with Crippen LogP contribution in [0.3, 0.4) is 0 Å². The first kappa shape index (κ1) is 24.0. The number of carbonyl (C=O) groups excluding carboxylic acids is 1. The maximum absolute atomic E-state index is 13.1. The summed E-state index contributed by atoms with van der Waals surface area (Å²) in [6.45, 7) is 2.29. The monoisotopic (exact) mass is 497 g/mol. The van der Waals surface area contributed by atoms with Gasteiger partial charge in [-0.05, 0) is 60.4 Å². The number of fused-ring (bicyclic) bond motifs is 1. The van der Waals surface area contributed by atoms with Gasteiger partial charge in [-0.2, -0.15) is 17.5 Å². The highest BCUT2D eigenvalue weighted by atomic mass is 32.2. The van der Waals surface area contributed by atoms with Crippen LogP contribution >= 0.6 is 0 Å². The summed E-state index contributed by atoms with van der Waals surface area (Å²) in [6, 6.07) is 8.49. The summed E-state index contributed by atoms with van der Waals surface area (Å²) in [7, 11) is -3.73. The van der Waals surface area contributed by atoms with Gasteiger partial charge in [0.05, 0.1) is 10.5 Å². The first-order valence-corrected chi connectivity index (χ1v) is 11.9. The Morgan fingerprint density at radius 3 is 2.76 bits per heavy atom. The van der Waals surface area contributed by atoms with Gasteiger partial charge in [0.1, 0.15) is 11.0 Å². The summed E-state index contributed by atoms with van der Waals surface area (Å²) < 4.78 is 66.1. The molecule has 2 aromatic carbocycles. The number of hydrogen-bond donors (Lipinski definition) is 1. The molecule has 0 bridgehead atoms. The van der Waals surface area contributed by atoms with Crippen molar-refractivity contribution in [3.8, 4) is 0 Å². The summed E-state index contributed by atoms with van der Waals surface area (Å²) in [5.74, 6) is -0.466. The zero-order chi connectivity index (χ0) is 24.5. The molecular formula is C21H22F3N5O4S. The zero-order valence-electron chi connectivity index (χ0n) is 18.1. The third-order valence-corrected chi connectivity index (χ3v) is 7.30. The topological polar surface area (TPSA) is 106 Å². The fraction of sp³-hybridized carbons (Fsp3) is 0.381. The molecule has 0 aliphatic carbocycles. The Balaban J connectivity index is 1.47. The molecule has 1 aliphatic heterocycles. The van der Waals surface area contributed by atoms with E-state index in [2.05, 4.69) is 15.6 Å². The molecule has 1 fully saturated rings. The number of anilines is 1.